The van der Waals surface area contributed by atoms with Gasteiger partial charge in [-0.2, -0.15) is 0 Å². The fourth-order valence-corrected chi connectivity index (χ4v) is 2.81. The molecule has 1 N–H and O–H groups in total. The Hall–Kier alpha value is -0.710. The quantitative estimate of drug-likeness (QED) is 0.821. The first kappa shape index (κ1) is 14.7. The summed E-state index contributed by atoms with van der Waals surface area (Å²) in [6.45, 7) is 2.45. The molecule has 1 aliphatic rings. The van der Waals surface area contributed by atoms with Crippen LogP contribution in [0.15, 0.2) is 29.2 Å². The highest BCUT2D eigenvalue weighted by molar-refractivity contribution is 8.00. The van der Waals surface area contributed by atoms with E-state index in [2.05, 4.69) is 5.32 Å². The van der Waals surface area contributed by atoms with Crippen molar-refractivity contribution in [3.05, 3.63) is 29.3 Å². The number of carbonyl (C=O) groups is 1. The maximum absolute atomic E-state index is 11.7. The second kappa shape index (κ2) is 7.78. The molecule has 1 atom stereocenters. The number of benzene rings is 1. The normalized spacial score (nSPS) is 18.5. The van der Waals surface area contributed by atoms with Gasteiger partial charge in [-0.3, -0.25) is 4.79 Å². The Labute approximate surface area is 123 Å². The molecule has 0 radical (unpaired) electrons. The van der Waals surface area contributed by atoms with E-state index in [4.69, 9.17) is 16.3 Å². The van der Waals surface area contributed by atoms with Gasteiger partial charge < -0.3 is 10.1 Å². The molecule has 2 rings (SSSR count). The zero-order chi connectivity index (χ0) is 13.5. The summed E-state index contributed by atoms with van der Waals surface area (Å²) in [6, 6.07) is 7.52. The number of hydrogen-bond donors (Lipinski definition) is 1. The number of rotatable bonds is 6. The van der Waals surface area contributed by atoms with Crippen LogP contribution in [0, 0.1) is 5.92 Å². The van der Waals surface area contributed by atoms with Crippen LogP contribution in [0.1, 0.15) is 12.8 Å². The number of ether oxygens (including phenoxy) is 1. The summed E-state index contributed by atoms with van der Waals surface area (Å²) in [5.74, 6) is 1.14. The van der Waals surface area contributed by atoms with Crippen LogP contribution in [0.25, 0.3) is 0 Å². The molecular weight excluding hydrogens is 282 g/mol. The summed E-state index contributed by atoms with van der Waals surface area (Å²) in [6.07, 6.45) is 2.13. The lowest BCUT2D eigenvalue weighted by molar-refractivity contribution is -0.118. The van der Waals surface area contributed by atoms with E-state index in [1.54, 1.807) is 0 Å². The van der Waals surface area contributed by atoms with Crippen LogP contribution in [0.4, 0.5) is 0 Å². The molecule has 104 valence electrons. The average Bonchev–Trinajstić information content (AvgIpc) is 2.91. The van der Waals surface area contributed by atoms with Crippen LogP contribution in [-0.4, -0.2) is 31.4 Å². The largest absolute Gasteiger partial charge is 0.381 e. The Morgan fingerprint density at radius 3 is 2.89 bits per heavy atom. The monoisotopic (exact) mass is 299 g/mol. The van der Waals surface area contributed by atoms with E-state index in [0.717, 1.165) is 37.5 Å². The Bertz CT molecular complexity index is 404. The lowest BCUT2D eigenvalue weighted by atomic mass is 10.1. The minimum absolute atomic E-state index is 0.0823. The SMILES string of the molecule is O=C(CSc1ccc(Cl)cc1)NCCC1CCOC1. The Kier molecular flexibility index (Phi) is 6.01. The fourth-order valence-electron chi connectivity index (χ4n) is 1.96. The summed E-state index contributed by atoms with van der Waals surface area (Å²) in [4.78, 5) is 12.7. The molecule has 0 aliphatic carbocycles. The molecule has 0 saturated carbocycles. The third kappa shape index (κ3) is 5.43. The van der Waals surface area contributed by atoms with E-state index in [0.29, 0.717) is 16.7 Å². The number of nitrogens with one attached hydrogen (secondary N) is 1. The van der Waals surface area contributed by atoms with Crippen molar-refractivity contribution in [3.63, 3.8) is 0 Å². The second-order valence-corrected chi connectivity index (χ2v) is 6.10. The number of thioether (sulfide) groups is 1. The van der Waals surface area contributed by atoms with Gasteiger partial charge in [-0.15, -0.1) is 11.8 Å². The van der Waals surface area contributed by atoms with Crippen molar-refractivity contribution in [1.29, 1.82) is 0 Å². The van der Waals surface area contributed by atoms with Gasteiger partial charge in [0.25, 0.3) is 0 Å². The first-order valence-corrected chi connectivity index (χ1v) is 7.83. The molecule has 1 aliphatic heterocycles. The van der Waals surface area contributed by atoms with Gasteiger partial charge in [-0.05, 0) is 43.0 Å². The molecule has 19 heavy (non-hydrogen) atoms. The third-order valence-corrected chi connectivity index (χ3v) is 4.35. The standard InChI is InChI=1S/C14H18ClNO2S/c15-12-1-3-13(4-2-12)19-10-14(17)16-7-5-11-6-8-18-9-11/h1-4,11H,5-10H2,(H,16,17). The number of hydrogen-bond acceptors (Lipinski definition) is 3. The second-order valence-electron chi connectivity index (χ2n) is 4.61. The molecule has 1 aromatic carbocycles. The van der Waals surface area contributed by atoms with Gasteiger partial charge >= 0.3 is 0 Å². The van der Waals surface area contributed by atoms with E-state index >= 15 is 0 Å². The molecule has 1 unspecified atom stereocenters. The maximum Gasteiger partial charge on any atom is 0.230 e. The predicted molar refractivity (Wildman–Crippen MR) is 78.7 cm³/mol. The summed E-state index contributed by atoms with van der Waals surface area (Å²) in [5, 5.41) is 3.67. The molecule has 0 spiro atoms. The molecular formula is C14H18ClNO2S. The summed E-state index contributed by atoms with van der Waals surface area (Å²) >= 11 is 7.33. The van der Waals surface area contributed by atoms with Crippen molar-refractivity contribution < 1.29 is 9.53 Å². The molecule has 1 fully saturated rings. The molecule has 0 aromatic heterocycles. The Balaban J connectivity index is 1.60. The van der Waals surface area contributed by atoms with E-state index < -0.39 is 0 Å². The zero-order valence-corrected chi connectivity index (χ0v) is 12.3. The lowest BCUT2D eigenvalue weighted by Gasteiger charge is -2.08. The molecule has 5 heteroatoms. The van der Waals surface area contributed by atoms with Crippen molar-refractivity contribution in [1.82, 2.24) is 5.32 Å². The Morgan fingerprint density at radius 2 is 2.21 bits per heavy atom. The highest BCUT2D eigenvalue weighted by Crippen LogP contribution is 2.20. The minimum Gasteiger partial charge on any atom is -0.381 e. The summed E-state index contributed by atoms with van der Waals surface area (Å²) < 4.78 is 5.30. The van der Waals surface area contributed by atoms with E-state index in [-0.39, 0.29) is 5.91 Å². The molecule has 1 saturated heterocycles. The van der Waals surface area contributed by atoms with Crippen LogP contribution in [0.5, 0.6) is 0 Å². The maximum atomic E-state index is 11.7. The first-order valence-electron chi connectivity index (χ1n) is 6.47. The van der Waals surface area contributed by atoms with Gasteiger partial charge in [0.05, 0.1) is 5.75 Å². The van der Waals surface area contributed by atoms with Crippen LogP contribution >= 0.6 is 23.4 Å². The summed E-state index contributed by atoms with van der Waals surface area (Å²) in [5.41, 5.74) is 0. The van der Waals surface area contributed by atoms with Crippen molar-refractivity contribution in [2.24, 2.45) is 5.92 Å². The van der Waals surface area contributed by atoms with E-state index in [1.165, 1.54) is 11.8 Å². The van der Waals surface area contributed by atoms with Gasteiger partial charge in [0.15, 0.2) is 0 Å². The van der Waals surface area contributed by atoms with Crippen molar-refractivity contribution in [3.8, 4) is 0 Å². The van der Waals surface area contributed by atoms with E-state index in [1.807, 2.05) is 24.3 Å². The highest BCUT2D eigenvalue weighted by atomic mass is 35.5. The van der Waals surface area contributed by atoms with Gasteiger partial charge in [0.1, 0.15) is 0 Å². The first-order chi connectivity index (χ1) is 9.24. The van der Waals surface area contributed by atoms with Crippen LogP contribution in [0.2, 0.25) is 5.02 Å². The van der Waals surface area contributed by atoms with Crippen molar-refractivity contribution >= 4 is 29.3 Å². The van der Waals surface area contributed by atoms with Crippen LogP contribution in [-0.2, 0) is 9.53 Å². The molecule has 1 aromatic rings. The predicted octanol–water partition coefficient (Wildman–Crippen LogP) is 2.97. The smallest absolute Gasteiger partial charge is 0.230 e. The molecule has 3 nitrogen and oxygen atoms in total. The molecule has 1 heterocycles. The minimum atomic E-state index is 0.0823. The van der Waals surface area contributed by atoms with Gasteiger partial charge in [0.2, 0.25) is 5.91 Å². The van der Waals surface area contributed by atoms with Crippen molar-refractivity contribution in [2.45, 2.75) is 17.7 Å². The van der Waals surface area contributed by atoms with Gasteiger partial charge in [-0.1, -0.05) is 11.6 Å². The Morgan fingerprint density at radius 1 is 1.42 bits per heavy atom. The van der Waals surface area contributed by atoms with Crippen LogP contribution < -0.4 is 5.32 Å². The van der Waals surface area contributed by atoms with Gasteiger partial charge in [-0.25, -0.2) is 0 Å². The zero-order valence-electron chi connectivity index (χ0n) is 10.7. The average molecular weight is 300 g/mol. The van der Waals surface area contributed by atoms with Crippen LogP contribution in [0.3, 0.4) is 0 Å². The topological polar surface area (TPSA) is 38.3 Å². The number of halogens is 1. The molecule has 0 bridgehead atoms. The van der Waals surface area contributed by atoms with E-state index in [9.17, 15) is 4.79 Å². The highest BCUT2D eigenvalue weighted by Gasteiger charge is 2.15. The van der Waals surface area contributed by atoms with Gasteiger partial charge in [0, 0.05) is 29.7 Å². The van der Waals surface area contributed by atoms with Crippen molar-refractivity contribution in [2.75, 3.05) is 25.5 Å². The number of amides is 1. The fraction of sp³-hybridized carbons (Fsp3) is 0.500. The number of carbonyl (C=O) groups excluding carboxylic acids is 1. The summed E-state index contributed by atoms with van der Waals surface area (Å²) in [7, 11) is 0. The molecule has 1 amide bonds. The lowest BCUT2D eigenvalue weighted by Crippen LogP contribution is -2.27. The third-order valence-electron chi connectivity index (χ3n) is 3.08.